The average Bonchev–Trinajstić information content (AvgIpc) is 3.15. The Kier molecular flexibility index (Phi) is 8.11. The third-order valence-electron chi connectivity index (χ3n) is 4.97. The zero-order valence-corrected chi connectivity index (χ0v) is 20.2. The van der Waals surface area contributed by atoms with Crippen molar-refractivity contribution in [3.63, 3.8) is 0 Å². The van der Waals surface area contributed by atoms with Crippen molar-refractivity contribution in [2.24, 2.45) is 7.05 Å². The summed E-state index contributed by atoms with van der Waals surface area (Å²) in [6.45, 7) is 6.57. The molecule has 0 spiro atoms. The van der Waals surface area contributed by atoms with E-state index in [9.17, 15) is 9.59 Å². The van der Waals surface area contributed by atoms with Crippen LogP contribution in [0.3, 0.4) is 0 Å². The lowest BCUT2D eigenvalue weighted by Crippen LogP contribution is -2.15. The Morgan fingerprint density at radius 3 is 2.67 bits per heavy atom. The van der Waals surface area contributed by atoms with Gasteiger partial charge in [0.25, 0.3) is 0 Å². The summed E-state index contributed by atoms with van der Waals surface area (Å²) in [7, 11) is 3.16. The monoisotopic (exact) mass is 468 g/mol. The fourth-order valence-electron chi connectivity index (χ4n) is 3.15. The number of carbonyl (C=O) groups excluding carboxylic acids is 2. The van der Waals surface area contributed by atoms with Crippen LogP contribution in [0.25, 0.3) is 0 Å². The molecule has 2 aromatic carbocycles. The average molecular weight is 469 g/mol. The van der Waals surface area contributed by atoms with Crippen LogP contribution in [0.1, 0.15) is 47.1 Å². The summed E-state index contributed by atoms with van der Waals surface area (Å²) in [5, 5.41) is 11.8. The summed E-state index contributed by atoms with van der Waals surface area (Å²) in [5.74, 6) is 1.32. The van der Waals surface area contributed by atoms with Gasteiger partial charge in [-0.2, -0.15) is 0 Å². The van der Waals surface area contributed by atoms with E-state index in [1.165, 1.54) is 18.9 Å². The number of hydrogen-bond acceptors (Lipinski definition) is 7. The predicted octanol–water partition coefficient (Wildman–Crippen LogP) is 4.34. The molecule has 0 saturated carbocycles. The Morgan fingerprint density at radius 2 is 1.94 bits per heavy atom. The van der Waals surface area contributed by atoms with Gasteiger partial charge in [-0.1, -0.05) is 43.8 Å². The van der Waals surface area contributed by atoms with Gasteiger partial charge in [0.2, 0.25) is 5.91 Å². The number of methoxy groups -OCH3 is 1. The molecule has 9 heteroatoms. The molecule has 1 amide bonds. The van der Waals surface area contributed by atoms with E-state index in [-0.39, 0.29) is 18.3 Å². The number of esters is 1. The van der Waals surface area contributed by atoms with Gasteiger partial charge in [0, 0.05) is 12.7 Å². The molecule has 3 rings (SSSR count). The number of benzene rings is 2. The molecular formula is C24H28N4O4S. The maximum atomic E-state index is 12.4. The molecule has 0 aliphatic heterocycles. The maximum absolute atomic E-state index is 12.4. The van der Waals surface area contributed by atoms with Crippen LogP contribution in [0, 0.1) is 6.92 Å². The van der Waals surface area contributed by atoms with Crippen LogP contribution in [0.4, 0.5) is 5.69 Å². The minimum atomic E-state index is -0.458. The van der Waals surface area contributed by atoms with Crippen LogP contribution in [0.5, 0.6) is 5.75 Å². The van der Waals surface area contributed by atoms with Crippen molar-refractivity contribution in [1.29, 1.82) is 0 Å². The van der Waals surface area contributed by atoms with Crippen molar-refractivity contribution in [3.8, 4) is 5.75 Å². The summed E-state index contributed by atoms with van der Waals surface area (Å²) in [4.78, 5) is 24.0. The zero-order chi connectivity index (χ0) is 24.0. The van der Waals surface area contributed by atoms with E-state index < -0.39 is 5.97 Å². The standard InChI is InChI=1S/C24H28N4O4S/c1-15(2)19-10-9-16(3)11-20(19)32-13-21-26-27-24(28(21)4)33-14-22(29)25-18-8-6-7-17(12-18)23(30)31-5/h6-12,15H,13-14H2,1-5H3,(H,25,29). The Bertz CT molecular complexity index is 1140. The van der Waals surface area contributed by atoms with E-state index >= 15 is 0 Å². The van der Waals surface area contributed by atoms with Gasteiger partial charge in [-0.05, 0) is 48.2 Å². The molecule has 0 atom stereocenters. The first-order chi connectivity index (χ1) is 15.8. The second kappa shape index (κ2) is 11.0. The summed E-state index contributed by atoms with van der Waals surface area (Å²) in [6.07, 6.45) is 0. The first kappa shape index (κ1) is 24.3. The SMILES string of the molecule is COC(=O)c1cccc(NC(=O)CSc2nnc(COc3cc(C)ccc3C(C)C)n2C)c1. The van der Waals surface area contributed by atoms with Gasteiger partial charge in [-0.15, -0.1) is 10.2 Å². The first-order valence-electron chi connectivity index (χ1n) is 10.5. The van der Waals surface area contributed by atoms with Gasteiger partial charge in [0.15, 0.2) is 11.0 Å². The quantitative estimate of drug-likeness (QED) is 0.369. The summed E-state index contributed by atoms with van der Waals surface area (Å²) < 4.78 is 12.6. The lowest BCUT2D eigenvalue weighted by Gasteiger charge is -2.14. The number of carbonyl (C=O) groups is 2. The molecule has 33 heavy (non-hydrogen) atoms. The highest BCUT2D eigenvalue weighted by Gasteiger charge is 2.14. The number of thioether (sulfide) groups is 1. The van der Waals surface area contributed by atoms with Gasteiger partial charge >= 0.3 is 5.97 Å². The van der Waals surface area contributed by atoms with Gasteiger partial charge in [-0.25, -0.2) is 4.79 Å². The number of nitrogens with zero attached hydrogens (tertiary/aromatic N) is 3. The van der Waals surface area contributed by atoms with E-state index in [1.54, 1.807) is 24.3 Å². The van der Waals surface area contributed by atoms with Crippen LogP contribution in [0.2, 0.25) is 0 Å². The first-order valence-corrected chi connectivity index (χ1v) is 11.5. The summed E-state index contributed by atoms with van der Waals surface area (Å²) in [5.41, 5.74) is 3.17. The Labute approximate surface area is 197 Å². The minimum absolute atomic E-state index is 0.144. The van der Waals surface area contributed by atoms with Crippen LogP contribution in [-0.4, -0.2) is 39.5 Å². The molecule has 0 aliphatic rings. The van der Waals surface area contributed by atoms with Crippen LogP contribution >= 0.6 is 11.8 Å². The van der Waals surface area contributed by atoms with Crippen molar-refractivity contribution in [1.82, 2.24) is 14.8 Å². The number of aryl methyl sites for hydroxylation is 1. The molecule has 3 aromatic rings. The van der Waals surface area contributed by atoms with Gasteiger partial charge in [0.1, 0.15) is 12.4 Å². The smallest absolute Gasteiger partial charge is 0.337 e. The second-order valence-electron chi connectivity index (χ2n) is 7.85. The topological polar surface area (TPSA) is 95.3 Å². The van der Waals surface area contributed by atoms with Crippen molar-refractivity contribution < 1.29 is 19.1 Å². The molecule has 0 fully saturated rings. The highest BCUT2D eigenvalue weighted by Crippen LogP contribution is 2.28. The number of amides is 1. The molecule has 174 valence electrons. The normalized spacial score (nSPS) is 10.8. The summed E-state index contributed by atoms with van der Waals surface area (Å²) in [6, 6.07) is 12.8. The summed E-state index contributed by atoms with van der Waals surface area (Å²) >= 11 is 1.27. The van der Waals surface area contributed by atoms with E-state index in [0.29, 0.717) is 28.1 Å². The van der Waals surface area contributed by atoms with Gasteiger partial charge in [-0.3, -0.25) is 4.79 Å². The van der Waals surface area contributed by atoms with Crippen molar-refractivity contribution in [3.05, 3.63) is 65.0 Å². The number of ether oxygens (including phenoxy) is 2. The molecule has 0 bridgehead atoms. The minimum Gasteiger partial charge on any atom is -0.485 e. The molecule has 0 radical (unpaired) electrons. The fourth-order valence-corrected chi connectivity index (χ4v) is 3.88. The largest absolute Gasteiger partial charge is 0.485 e. The van der Waals surface area contributed by atoms with Crippen molar-refractivity contribution in [2.45, 2.75) is 38.5 Å². The number of hydrogen-bond donors (Lipinski definition) is 1. The molecule has 0 saturated heterocycles. The zero-order valence-electron chi connectivity index (χ0n) is 19.4. The van der Waals surface area contributed by atoms with E-state index in [2.05, 4.69) is 41.5 Å². The molecule has 1 heterocycles. The highest BCUT2D eigenvalue weighted by molar-refractivity contribution is 7.99. The van der Waals surface area contributed by atoms with E-state index in [0.717, 1.165) is 16.9 Å². The fraction of sp³-hybridized carbons (Fsp3) is 0.333. The van der Waals surface area contributed by atoms with Crippen molar-refractivity contribution in [2.75, 3.05) is 18.2 Å². The number of aromatic nitrogens is 3. The molecule has 0 unspecified atom stereocenters. The molecule has 1 N–H and O–H groups in total. The molecule has 0 aliphatic carbocycles. The van der Waals surface area contributed by atoms with Crippen LogP contribution < -0.4 is 10.1 Å². The van der Waals surface area contributed by atoms with Gasteiger partial charge < -0.3 is 19.4 Å². The lowest BCUT2D eigenvalue weighted by molar-refractivity contribution is -0.113. The molecule has 1 aromatic heterocycles. The second-order valence-corrected chi connectivity index (χ2v) is 8.79. The van der Waals surface area contributed by atoms with Crippen LogP contribution in [0.15, 0.2) is 47.6 Å². The Balaban J connectivity index is 1.58. The number of nitrogens with one attached hydrogen (secondary N) is 1. The number of anilines is 1. The van der Waals surface area contributed by atoms with Gasteiger partial charge in [0.05, 0.1) is 18.4 Å². The highest BCUT2D eigenvalue weighted by atomic mass is 32.2. The maximum Gasteiger partial charge on any atom is 0.337 e. The van der Waals surface area contributed by atoms with Crippen LogP contribution in [-0.2, 0) is 23.2 Å². The predicted molar refractivity (Wildman–Crippen MR) is 128 cm³/mol. The van der Waals surface area contributed by atoms with E-state index in [1.807, 2.05) is 24.6 Å². The Morgan fingerprint density at radius 1 is 1.15 bits per heavy atom. The molecule has 8 nitrogen and oxygen atoms in total. The van der Waals surface area contributed by atoms with E-state index in [4.69, 9.17) is 9.47 Å². The third-order valence-corrected chi connectivity index (χ3v) is 5.99. The van der Waals surface area contributed by atoms with Crippen molar-refractivity contribution >= 4 is 29.3 Å². The Hall–Kier alpha value is -3.33. The lowest BCUT2D eigenvalue weighted by atomic mass is 10.0. The number of rotatable bonds is 9. The third kappa shape index (κ3) is 6.35. The molecular weight excluding hydrogens is 440 g/mol.